The molecule has 3 rings (SSSR count). The summed E-state index contributed by atoms with van der Waals surface area (Å²) in [4.78, 5) is 18.4. The molecule has 1 N–H and O–H groups in total. The zero-order valence-electron chi connectivity index (χ0n) is 11.5. The minimum Gasteiger partial charge on any atom is -0.340 e. The van der Waals surface area contributed by atoms with Gasteiger partial charge in [0.2, 0.25) is 0 Å². The van der Waals surface area contributed by atoms with Crippen molar-refractivity contribution in [3.05, 3.63) is 18.2 Å². The summed E-state index contributed by atoms with van der Waals surface area (Å²) in [7, 11) is 1.89. The van der Waals surface area contributed by atoms with Crippen LogP contribution in [0.15, 0.2) is 12.5 Å². The number of likely N-dealkylation sites (tertiary alicyclic amines) is 1. The van der Waals surface area contributed by atoms with Gasteiger partial charge in [0.05, 0.1) is 6.33 Å². The predicted octanol–water partition coefficient (Wildman–Crippen LogP) is 1.02. The summed E-state index contributed by atoms with van der Waals surface area (Å²) in [6.45, 7) is 2.91. The fraction of sp³-hybridized carbons (Fsp3) is 0.714. The standard InChI is InChI=1S/C14H22N4O/c1-17-9-13(16-10-17)14(19)18-7-4-11(5-8-18)12-3-2-6-15-12/h9-12,15H,2-8H2,1H3. The molecule has 0 saturated carbocycles. The maximum Gasteiger partial charge on any atom is 0.274 e. The molecule has 5 nitrogen and oxygen atoms in total. The first-order valence-electron chi connectivity index (χ1n) is 7.24. The van der Waals surface area contributed by atoms with Gasteiger partial charge < -0.3 is 14.8 Å². The molecule has 0 radical (unpaired) electrons. The average molecular weight is 262 g/mol. The summed E-state index contributed by atoms with van der Waals surface area (Å²) < 4.78 is 1.82. The molecule has 2 saturated heterocycles. The second-order valence-electron chi connectivity index (χ2n) is 5.76. The highest BCUT2D eigenvalue weighted by Crippen LogP contribution is 2.26. The van der Waals surface area contributed by atoms with Gasteiger partial charge in [0.15, 0.2) is 0 Å². The molecule has 5 heteroatoms. The smallest absolute Gasteiger partial charge is 0.274 e. The number of hydrogen-bond acceptors (Lipinski definition) is 3. The molecule has 2 aliphatic heterocycles. The molecule has 0 aliphatic carbocycles. The number of nitrogens with one attached hydrogen (secondary N) is 1. The number of carbonyl (C=O) groups excluding carboxylic acids is 1. The molecular formula is C14H22N4O. The molecule has 1 unspecified atom stereocenters. The van der Waals surface area contributed by atoms with E-state index in [2.05, 4.69) is 10.3 Å². The Morgan fingerprint density at radius 2 is 2.16 bits per heavy atom. The van der Waals surface area contributed by atoms with Crippen molar-refractivity contribution in [2.24, 2.45) is 13.0 Å². The van der Waals surface area contributed by atoms with E-state index >= 15 is 0 Å². The summed E-state index contributed by atoms with van der Waals surface area (Å²) in [6.07, 6.45) is 8.33. The van der Waals surface area contributed by atoms with Gasteiger partial charge in [-0.3, -0.25) is 4.79 Å². The molecule has 1 amide bonds. The highest BCUT2D eigenvalue weighted by Gasteiger charge is 2.30. The lowest BCUT2D eigenvalue weighted by atomic mass is 9.88. The third-order valence-electron chi connectivity index (χ3n) is 4.42. The number of aryl methyl sites for hydroxylation is 1. The van der Waals surface area contributed by atoms with Gasteiger partial charge in [-0.25, -0.2) is 4.98 Å². The topological polar surface area (TPSA) is 50.2 Å². The van der Waals surface area contributed by atoms with E-state index in [0.29, 0.717) is 11.7 Å². The van der Waals surface area contributed by atoms with E-state index in [1.54, 1.807) is 12.5 Å². The van der Waals surface area contributed by atoms with Crippen molar-refractivity contribution in [3.8, 4) is 0 Å². The number of imidazole rings is 1. The summed E-state index contributed by atoms with van der Waals surface area (Å²) in [5.41, 5.74) is 0.569. The first kappa shape index (κ1) is 12.7. The van der Waals surface area contributed by atoms with Gasteiger partial charge in [0.25, 0.3) is 5.91 Å². The van der Waals surface area contributed by atoms with E-state index in [9.17, 15) is 4.79 Å². The number of amides is 1. The summed E-state index contributed by atoms with van der Waals surface area (Å²) in [6, 6.07) is 0.687. The monoisotopic (exact) mass is 262 g/mol. The molecule has 0 bridgehead atoms. The Labute approximate surface area is 114 Å². The third kappa shape index (κ3) is 2.66. The molecular weight excluding hydrogens is 240 g/mol. The molecule has 2 aliphatic rings. The Morgan fingerprint density at radius 3 is 2.74 bits per heavy atom. The second-order valence-corrected chi connectivity index (χ2v) is 5.76. The van der Waals surface area contributed by atoms with Crippen LogP contribution in [0.25, 0.3) is 0 Å². The number of piperidine rings is 1. The Morgan fingerprint density at radius 1 is 1.37 bits per heavy atom. The Bertz CT molecular complexity index is 442. The second kappa shape index (κ2) is 5.33. The maximum atomic E-state index is 12.3. The molecule has 3 heterocycles. The van der Waals surface area contributed by atoms with Crippen LogP contribution >= 0.6 is 0 Å². The molecule has 1 atom stereocenters. The van der Waals surface area contributed by atoms with E-state index in [0.717, 1.165) is 38.4 Å². The number of carbonyl (C=O) groups is 1. The van der Waals surface area contributed by atoms with Crippen LogP contribution in [-0.2, 0) is 7.05 Å². The lowest BCUT2D eigenvalue weighted by molar-refractivity contribution is 0.0669. The van der Waals surface area contributed by atoms with Crippen LogP contribution in [0.2, 0.25) is 0 Å². The predicted molar refractivity (Wildman–Crippen MR) is 72.9 cm³/mol. The third-order valence-corrected chi connectivity index (χ3v) is 4.42. The minimum absolute atomic E-state index is 0.0819. The van der Waals surface area contributed by atoms with Crippen molar-refractivity contribution in [2.75, 3.05) is 19.6 Å². The van der Waals surface area contributed by atoms with E-state index in [1.807, 2.05) is 16.5 Å². The molecule has 0 aromatic carbocycles. The van der Waals surface area contributed by atoms with E-state index in [-0.39, 0.29) is 5.91 Å². The molecule has 2 fully saturated rings. The first-order chi connectivity index (χ1) is 9.24. The molecule has 104 valence electrons. The average Bonchev–Trinajstić information content (AvgIpc) is 3.09. The number of aromatic nitrogens is 2. The van der Waals surface area contributed by atoms with Crippen molar-refractivity contribution in [2.45, 2.75) is 31.7 Å². The highest BCUT2D eigenvalue weighted by molar-refractivity contribution is 5.92. The van der Waals surface area contributed by atoms with Gasteiger partial charge in [-0.1, -0.05) is 0 Å². The summed E-state index contributed by atoms with van der Waals surface area (Å²) in [5.74, 6) is 0.828. The zero-order chi connectivity index (χ0) is 13.2. The molecule has 0 spiro atoms. The van der Waals surface area contributed by atoms with Gasteiger partial charge in [-0.05, 0) is 38.1 Å². The number of nitrogens with zero attached hydrogens (tertiary/aromatic N) is 3. The first-order valence-corrected chi connectivity index (χ1v) is 7.24. The highest BCUT2D eigenvalue weighted by atomic mass is 16.2. The van der Waals surface area contributed by atoms with Crippen LogP contribution in [0.3, 0.4) is 0 Å². The van der Waals surface area contributed by atoms with Gasteiger partial charge in [-0.15, -0.1) is 0 Å². The van der Waals surface area contributed by atoms with Crippen molar-refractivity contribution < 1.29 is 4.79 Å². The minimum atomic E-state index is 0.0819. The van der Waals surface area contributed by atoms with Crippen LogP contribution < -0.4 is 5.32 Å². The van der Waals surface area contributed by atoms with Gasteiger partial charge in [0.1, 0.15) is 5.69 Å². The largest absolute Gasteiger partial charge is 0.340 e. The van der Waals surface area contributed by atoms with Crippen molar-refractivity contribution in [3.63, 3.8) is 0 Å². The lowest BCUT2D eigenvalue weighted by Crippen LogP contribution is -2.43. The van der Waals surface area contributed by atoms with Crippen molar-refractivity contribution in [1.82, 2.24) is 19.8 Å². The molecule has 1 aromatic heterocycles. The lowest BCUT2D eigenvalue weighted by Gasteiger charge is -2.34. The van der Waals surface area contributed by atoms with Crippen LogP contribution in [0.4, 0.5) is 0 Å². The summed E-state index contributed by atoms with van der Waals surface area (Å²) in [5, 5.41) is 3.59. The van der Waals surface area contributed by atoms with Crippen molar-refractivity contribution >= 4 is 5.91 Å². The van der Waals surface area contributed by atoms with Crippen LogP contribution in [0.5, 0.6) is 0 Å². The number of hydrogen-bond donors (Lipinski definition) is 1. The van der Waals surface area contributed by atoms with Gasteiger partial charge in [0, 0.05) is 32.4 Å². The molecule has 19 heavy (non-hydrogen) atoms. The Kier molecular flexibility index (Phi) is 3.55. The molecule has 1 aromatic rings. The normalized spacial score (nSPS) is 24.9. The Balaban J connectivity index is 1.56. The van der Waals surface area contributed by atoms with Crippen LogP contribution in [0, 0.1) is 5.92 Å². The fourth-order valence-corrected chi connectivity index (χ4v) is 3.30. The van der Waals surface area contributed by atoms with Gasteiger partial charge in [-0.2, -0.15) is 0 Å². The van der Waals surface area contributed by atoms with E-state index in [4.69, 9.17) is 0 Å². The van der Waals surface area contributed by atoms with Crippen LogP contribution in [0.1, 0.15) is 36.2 Å². The Hall–Kier alpha value is -1.36. The van der Waals surface area contributed by atoms with Gasteiger partial charge >= 0.3 is 0 Å². The SMILES string of the molecule is Cn1cnc(C(=O)N2CCC(C3CCCN3)CC2)c1. The number of rotatable bonds is 2. The van der Waals surface area contributed by atoms with E-state index in [1.165, 1.54) is 12.8 Å². The van der Waals surface area contributed by atoms with E-state index < -0.39 is 0 Å². The summed E-state index contributed by atoms with van der Waals surface area (Å²) >= 11 is 0. The maximum absolute atomic E-state index is 12.3. The quantitative estimate of drug-likeness (QED) is 0.866. The van der Waals surface area contributed by atoms with Crippen molar-refractivity contribution in [1.29, 1.82) is 0 Å². The van der Waals surface area contributed by atoms with Crippen LogP contribution in [-0.4, -0.2) is 46.0 Å². The fourth-order valence-electron chi connectivity index (χ4n) is 3.30. The zero-order valence-corrected chi connectivity index (χ0v) is 11.5.